The largest absolute Gasteiger partial charge is 0.356 e. The minimum atomic E-state index is 0. The number of piperazine rings is 1. The van der Waals surface area contributed by atoms with Gasteiger partial charge in [-0.25, -0.2) is 0 Å². The maximum atomic E-state index is 4.24. The highest BCUT2D eigenvalue weighted by Crippen LogP contribution is 2.05. The third kappa shape index (κ3) is 7.08. The van der Waals surface area contributed by atoms with Crippen LogP contribution in [-0.4, -0.2) is 74.7 Å². The van der Waals surface area contributed by atoms with E-state index >= 15 is 0 Å². The van der Waals surface area contributed by atoms with Crippen molar-refractivity contribution in [2.45, 2.75) is 33.2 Å². The van der Waals surface area contributed by atoms with Gasteiger partial charge in [-0.15, -0.1) is 24.0 Å². The average Bonchev–Trinajstić information content (AvgIpc) is 2.47. The smallest absolute Gasteiger partial charge is 0.191 e. The van der Waals surface area contributed by atoms with Crippen LogP contribution in [0.5, 0.6) is 0 Å². The third-order valence-electron chi connectivity index (χ3n) is 3.81. The van der Waals surface area contributed by atoms with Crippen LogP contribution >= 0.6 is 24.0 Å². The first kappa shape index (κ1) is 19.9. The van der Waals surface area contributed by atoms with Gasteiger partial charge < -0.3 is 15.5 Å². The van der Waals surface area contributed by atoms with E-state index in [4.69, 9.17) is 0 Å². The number of hydrogen-bond acceptors (Lipinski definition) is 3. The summed E-state index contributed by atoms with van der Waals surface area (Å²) in [5, 5.41) is 6.72. The highest BCUT2D eigenvalue weighted by Gasteiger charge is 2.19. The molecular weight excluding hydrogens is 365 g/mol. The fraction of sp³-hybridized carbons (Fsp3) is 0.929. The number of nitrogens with zero attached hydrogens (tertiary/aromatic N) is 3. The molecule has 0 aromatic rings. The Balaban J connectivity index is 0.00000361. The summed E-state index contributed by atoms with van der Waals surface area (Å²) < 4.78 is 0. The Kier molecular flexibility index (Phi) is 11.5. The molecule has 1 aliphatic heterocycles. The summed E-state index contributed by atoms with van der Waals surface area (Å²) in [6, 6.07) is 0.555. The van der Waals surface area contributed by atoms with Crippen LogP contribution in [-0.2, 0) is 0 Å². The molecule has 120 valence electrons. The van der Waals surface area contributed by atoms with E-state index in [1.807, 2.05) is 7.05 Å². The van der Waals surface area contributed by atoms with Crippen molar-refractivity contribution in [1.82, 2.24) is 20.4 Å². The van der Waals surface area contributed by atoms with E-state index in [0.717, 1.165) is 25.5 Å². The van der Waals surface area contributed by atoms with Gasteiger partial charge in [0, 0.05) is 52.4 Å². The lowest BCUT2D eigenvalue weighted by molar-refractivity contribution is 0.107. The van der Waals surface area contributed by atoms with Gasteiger partial charge in [0.1, 0.15) is 0 Å². The second-order valence-corrected chi connectivity index (χ2v) is 5.20. The van der Waals surface area contributed by atoms with Crippen LogP contribution in [0.3, 0.4) is 0 Å². The zero-order valence-corrected chi connectivity index (χ0v) is 15.8. The lowest BCUT2D eigenvalue weighted by Gasteiger charge is -2.37. The van der Waals surface area contributed by atoms with Gasteiger partial charge in [-0.05, 0) is 19.9 Å². The molecule has 5 nitrogen and oxygen atoms in total. The third-order valence-corrected chi connectivity index (χ3v) is 3.81. The van der Waals surface area contributed by atoms with Gasteiger partial charge in [0.2, 0.25) is 0 Å². The van der Waals surface area contributed by atoms with Gasteiger partial charge in [-0.1, -0.05) is 13.8 Å². The van der Waals surface area contributed by atoms with E-state index < -0.39 is 0 Å². The number of nitrogens with one attached hydrogen (secondary N) is 2. The molecule has 1 saturated heterocycles. The molecule has 0 aromatic heterocycles. The van der Waals surface area contributed by atoms with Crippen LogP contribution in [0.15, 0.2) is 4.99 Å². The van der Waals surface area contributed by atoms with Crippen molar-refractivity contribution < 1.29 is 0 Å². The summed E-state index contributed by atoms with van der Waals surface area (Å²) >= 11 is 0. The summed E-state index contributed by atoms with van der Waals surface area (Å²) in [5.41, 5.74) is 0. The molecule has 1 unspecified atom stereocenters. The Morgan fingerprint density at radius 1 is 1.15 bits per heavy atom. The summed E-state index contributed by atoms with van der Waals surface area (Å²) in [4.78, 5) is 9.31. The van der Waals surface area contributed by atoms with Crippen LogP contribution in [0.1, 0.15) is 27.2 Å². The van der Waals surface area contributed by atoms with Crippen molar-refractivity contribution in [3.05, 3.63) is 0 Å². The van der Waals surface area contributed by atoms with Gasteiger partial charge in [-0.2, -0.15) is 0 Å². The molecule has 0 radical (unpaired) electrons. The molecule has 20 heavy (non-hydrogen) atoms. The van der Waals surface area contributed by atoms with E-state index in [2.05, 4.69) is 46.2 Å². The second-order valence-electron chi connectivity index (χ2n) is 5.20. The van der Waals surface area contributed by atoms with Gasteiger partial charge in [0.15, 0.2) is 5.96 Å². The van der Waals surface area contributed by atoms with E-state index in [0.29, 0.717) is 6.04 Å². The SMILES string of the molecule is CCCNC(=NC)NCC(C)N1CCN(CC)CC1.I. The first-order valence-electron chi connectivity index (χ1n) is 7.62. The Morgan fingerprint density at radius 2 is 1.80 bits per heavy atom. The quantitative estimate of drug-likeness (QED) is 0.402. The predicted molar refractivity (Wildman–Crippen MR) is 98.2 cm³/mol. The van der Waals surface area contributed by atoms with Crippen LogP contribution in [0.4, 0.5) is 0 Å². The molecule has 0 saturated carbocycles. The molecule has 1 atom stereocenters. The maximum Gasteiger partial charge on any atom is 0.191 e. The zero-order valence-electron chi connectivity index (χ0n) is 13.5. The topological polar surface area (TPSA) is 42.9 Å². The number of aliphatic imine (C=N–C) groups is 1. The summed E-state index contributed by atoms with van der Waals surface area (Å²) in [6.45, 7) is 14.6. The molecule has 0 amide bonds. The monoisotopic (exact) mass is 397 g/mol. The molecule has 0 aliphatic carbocycles. The highest BCUT2D eigenvalue weighted by molar-refractivity contribution is 14.0. The number of rotatable bonds is 6. The molecule has 2 N–H and O–H groups in total. The first-order chi connectivity index (χ1) is 9.21. The molecule has 0 spiro atoms. The number of hydrogen-bond donors (Lipinski definition) is 2. The van der Waals surface area contributed by atoms with Gasteiger partial charge >= 0.3 is 0 Å². The molecular formula is C14H32IN5. The lowest BCUT2D eigenvalue weighted by Crippen LogP contribution is -2.53. The number of guanidine groups is 1. The van der Waals surface area contributed by atoms with Crippen molar-refractivity contribution in [2.75, 3.05) is 52.9 Å². The van der Waals surface area contributed by atoms with E-state index in [1.165, 1.54) is 32.7 Å². The van der Waals surface area contributed by atoms with E-state index in [9.17, 15) is 0 Å². The van der Waals surface area contributed by atoms with Crippen LogP contribution < -0.4 is 10.6 Å². The lowest BCUT2D eigenvalue weighted by atomic mass is 10.2. The second kappa shape index (κ2) is 11.6. The maximum absolute atomic E-state index is 4.24. The first-order valence-corrected chi connectivity index (χ1v) is 7.62. The molecule has 1 rings (SSSR count). The summed E-state index contributed by atoms with van der Waals surface area (Å²) in [7, 11) is 1.83. The molecule has 0 bridgehead atoms. The Labute approximate surface area is 141 Å². The Bertz CT molecular complexity index is 264. The van der Waals surface area contributed by atoms with E-state index in [1.54, 1.807) is 0 Å². The summed E-state index contributed by atoms with van der Waals surface area (Å²) in [5.74, 6) is 0.917. The van der Waals surface area contributed by atoms with Gasteiger partial charge in [0.05, 0.1) is 0 Å². The summed E-state index contributed by atoms with van der Waals surface area (Å²) in [6.07, 6.45) is 1.12. The number of likely N-dealkylation sites (N-methyl/N-ethyl adjacent to an activating group) is 1. The average molecular weight is 397 g/mol. The Hall–Kier alpha value is -0.0800. The molecule has 1 aliphatic rings. The van der Waals surface area contributed by atoms with Crippen LogP contribution in [0.25, 0.3) is 0 Å². The molecule has 1 fully saturated rings. The van der Waals surface area contributed by atoms with Gasteiger partial charge in [-0.3, -0.25) is 9.89 Å². The van der Waals surface area contributed by atoms with Crippen LogP contribution in [0, 0.1) is 0 Å². The standard InChI is InChI=1S/C14H31N5.HI/c1-5-7-16-14(15-4)17-12-13(3)19-10-8-18(6-2)9-11-19;/h13H,5-12H2,1-4H3,(H2,15,16,17);1H. The minimum absolute atomic E-state index is 0. The molecule has 6 heteroatoms. The van der Waals surface area contributed by atoms with Gasteiger partial charge in [0.25, 0.3) is 0 Å². The van der Waals surface area contributed by atoms with Crippen molar-refractivity contribution in [3.63, 3.8) is 0 Å². The molecule has 0 aromatic carbocycles. The minimum Gasteiger partial charge on any atom is -0.356 e. The van der Waals surface area contributed by atoms with E-state index in [-0.39, 0.29) is 24.0 Å². The Morgan fingerprint density at radius 3 is 2.30 bits per heavy atom. The fourth-order valence-corrected chi connectivity index (χ4v) is 2.36. The highest BCUT2D eigenvalue weighted by atomic mass is 127. The van der Waals surface area contributed by atoms with Crippen molar-refractivity contribution in [1.29, 1.82) is 0 Å². The molecule has 1 heterocycles. The predicted octanol–water partition coefficient (Wildman–Crippen LogP) is 1.21. The van der Waals surface area contributed by atoms with Crippen LogP contribution in [0.2, 0.25) is 0 Å². The zero-order chi connectivity index (χ0) is 14.1. The fourth-order valence-electron chi connectivity index (χ4n) is 2.36. The number of halogens is 1. The van der Waals surface area contributed by atoms with Crippen molar-refractivity contribution in [2.24, 2.45) is 4.99 Å². The van der Waals surface area contributed by atoms with Crippen molar-refractivity contribution in [3.8, 4) is 0 Å². The van der Waals surface area contributed by atoms with Crippen molar-refractivity contribution >= 4 is 29.9 Å². The normalized spacial score (nSPS) is 19.3.